The molecule has 0 saturated heterocycles. The molecule has 0 atom stereocenters. The minimum atomic E-state index is -0.505. The second-order valence-corrected chi connectivity index (χ2v) is 7.95. The summed E-state index contributed by atoms with van der Waals surface area (Å²) in [6.07, 6.45) is 2.54. The van der Waals surface area contributed by atoms with Crippen molar-refractivity contribution in [3.63, 3.8) is 0 Å². The first-order chi connectivity index (χ1) is 10.7. The average Bonchev–Trinajstić information content (AvgIpc) is 2.37. The van der Waals surface area contributed by atoms with E-state index in [1.54, 1.807) is 6.07 Å². The second kappa shape index (κ2) is 7.18. The Labute approximate surface area is 145 Å². The molecule has 1 fully saturated rings. The highest BCUT2D eigenvalue weighted by molar-refractivity contribution is 9.10. The normalized spacial score (nSPS) is 16.6. The van der Waals surface area contributed by atoms with Gasteiger partial charge in [0.2, 0.25) is 0 Å². The summed E-state index contributed by atoms with van der Waals surface area (Å²) < 4.78 is 19.5. The summed E-state index contributed by atoms with van der Waals surface area (Å²) in [6.45, 7) is 6.71. The highest BCUT2D eigenvalue weighted by atomic mass is 79.9. The Bertz CT molecular complexity index is 568. The summed E-state index contributed by atoms with van der Waals surface area (Å²) in [5.41, 5.74) is 0.0912. The standard InChI is InChI=1S/C17H24BrFN2O2/c1-16(2,3)23-15(22)21-17(7-4-8-17)11-20-10-12-9-13(19)5-6-14(12)18/h5-6,9,20H,4,7-8,10-11H2,1-3H3,(H,21,22). The largest absolute Gasteiger partial charge is 0.444 e. The lowest BCUT2D eigenvalue weighted by atomic mass is 9.76. The van der Waals surface area contributed by atoms with E-state index < -0.39 is 5.60 Å². The van der Waals surface area contributed by atoms with Crippen LogP contribution in [0.4, 0.5) is 9.18 Å². The molecule has 4 nitrogen and oxygen atoms in total. The zero-order valence-corrected chi connectivity index (χ0v) is 15.4. The van der Waals surface area contributed by atoms with Crippen LogP contribution in [0.3, 0.4) is 0 Å². The van der Waals surface area contributed by atoms with E-state index in [0.717, 1.165) is 29.3 Å². The van der Waals surface area contributed by atoms with Crippen molar-refractivity contribution in [2.24, 2.45) is 0 Å². The topological polar surface area (TPSA) is 50.4 Å². The lowest BCUT2D eigenvalue weighted by Gasteiger charge is -2.42. The first-order valence-corrected chi connectivity index (χ1v) is 8.64. The number of hydrogen-bond donors (Lipinski definition) is 2. The lowest BCUT2D eigenvalue weighted by Crippen LogP contribution is -2.59. The SMILES string of the molecule is CC(C)(C)OC(=O)NC1(CNCc2cc(F)ccc2Br)CCC1. The summed E-state index contributed by atoms with van der Waals surface area (Å²) in [5, 5.41) is 6.30. The Kier molecular flexibility index (Phi) is 5.68. The van der Waals surface area contributed by atoms with Gasteiger partial charge in [-0.15, -0.1) is 0 Å². The fourth-order valence-electron chi connectivity index (χ4n) is 2.58. The van der Waals surface area contributed by atoms with Crippen molar-refractivity contribution >= 4 is 22.0 Å². The molecule has 23 heavy (non-hydrogen) atoms. The zero-order chi connectivity index (χ0) is 17.1. The summed E-state index contributed by atoms with van der Waals surface area (Å²) in [6, 6.07) is 4.63. The smallest absolute Gasteiger partial charge is 0.408 e. The summed E-state index contributed by atoms with van der Waals surface area (Å²) in [5.74, 6) is -0.254. The number of carbonyl (C=O) groups excluding carboxylic acids is 1. The van der Waals surface area contributed by atoms with E-state index in [2.05, 4.69) is 26.6 Å². The van der Waals surface area contributed by atoms with E-state index in [1.165, 1.54) is 12.1 Å². The number of hydrogen-bond acceptors (Lipinski definition) is 3. The number of carbonyl (C=O) groups is 1. The molecule has 0 unspecified atom stereocenters. The van der Waals surface area contributed by atoms with E-state index in [0.29, 0.717) is 13.1 Å². The molecule has 2 N–H and O–H groups in total. The molecular formula is C17H24BrFN2O2. The van der Waals surface area contributed by atoms with Gasteiger partial charge >= 0.3 is 6.09 Å². The van der Waals surface area contributed by atoms with Gasteiger partial charge < -0.3 is 15.4 Å². The quantitative estimate of drug-likeness (QED) is 0.799. The van der Waals surface area contributed by atoms with Crippen molar-refractivity contribution in [2.45, 2.75) is 57.7 Å². The molecule has 1 aliphatic carbocycles. The van der Waals surface area contributed by atoms with Crippen molar-refractivity contribution in [1.82, 2.24) is 10.6 Å². The van der Waals surface area contributed by atoms with Gasteiger partial charge in [-0.1, -0.05) is 15.9 Å². The second-order valence-electron chi connectivity index (χ2n) is 7.10. The number of benzene rings is 1. The van der Waals surface area contributed by atoms with Crippen LogP contribution < -0.4 is 10.6 Å². The zero-order valence-electron chi connectivity index (χ0n) is 13.8. The number of amides is 1. The van der Waals surface area contributed by atoms with Crippen LogP contribution in [0.25, 0.3) is 0 Å². The molecule has 0 spiro atoms. The lowest BCUT2D eigenvalue weighted by molar-refractivity contribution is 0.0382. The molecule has 0 bridgehead atoms. The first-order valence-electron chi connectivity index (χ1n) is 7.85. The van der Waals surface area contributed by atoms with Crippen LogP contribution in [0.15, 0.2) is 22.7 Å². The molecule has 1 amide bonds. The van der Waals surface area contributed by atoms with E-state index in [4.69, 9.17) is 4.74 Å². The van der Waals surface area contributed by atoms with E-state index in [-0.39, 0.29) is 17.4 Å². The maximum absolute atomic E-state index is 13.3. The monoisotopic (exact) mass is 386 g/mol. The summed E-state index contributed by atoms with van der Waals surface area (Å²) in [7, 11) is 0. The van der Waals surface area contributed by atoms with Crippen molar-refractivity contribution < 1.29 is 13.9 Å². The van der Waals surface area contributed by atoms with Crippen LogP contribution in [-0.4, -0.2) is 23.8 Å². The third-order valence-corrected chi connectivity index (χ3v) is 4.64. The van der Waals surface area contributed by atoms with Gasteiger partial charge in [-0.25, -0.2) is 9.18 Å². The Hall–Kier alpha value is -1.14. The molecule has 1 aromatic rings. The summed E-state index contributed by atoms with van der Waals surface area (Å²) in [4.78, 5) is 12.0. The van der Waals surface area contributed by atoms with Gasteiger partial charge in [-0.2, -0.15) is 0 Å². The van der Waals surface area contributed by atoms with Gasteiger partial charge in [-0.3, -0.25) is 0 Å². The van der Waals surface area contributed by atoms with Crippen molar-refractivity contribution in [2.75, 3.05) is 6.54 Å². The van der Waals surface area contributed by atoms with Crippen molar-refractivity contribution in [3.8, 4) is 0 Å². The van der Waals surface area contributed by atoms with Gasteiger partial charge in [0.15, 0.2) is 0 Å². The Morgan fingerprint density at radius 1 is 1.39 bits per heavy atom. The van der Waals surface area contributed by atoms with Crippen LogP contribution in [0.2, 0.25) is 0 Å². The molecule has 128 valence electrons. The third kappa shape index (κ3) is 5.46. The Morgan fingerprint density at radius 3 is 2.65 bits per heavy atom. The highest BCUT2D eigenvalue weighted by Crippen LogP contribution is 2.31. The van der Waals surface area contributed by atoms with Crippen molar-refractivity contribution in [3.05, 3.63) is 34.1 Å². The fourth-order valence-corrected chi connectivity index (χ4v) is 2.97. The molecule has 0 heterocycles. The number of nitrogens with one attached hydrogen (secondary N) is 2. The van der Waals surface area contributed by atoms with E-state index in [9.17, 15) is 9.18 Å². The molecule has 1 aliphatic rings. The Morgan fingerprint density at radius 2 is 2.09 bits per heavy atom. The molecule has 0 radical (unpaired) electrons. The molecular weight excluding hydrogens is 363 g/mol. The average molecular weight is 387 g/mol. The highest BCUT2D eigenvalue weighted by Gasteiger charge is 2.39. The maximum atomic E-state index is 13.3. The van der Waals surface area contributed by atoms with Gasteiger partial charge in [0.1, 0.15) is 11.4 Å². The fraction of sp³-hybridized carbons (Fsp3) is 0.588. The first kappa shape index (κ1) is 18.2. The van der Waals surface area contributed by atoms with Gasteiger partial charge in [-0.05, 0) is 63.8 Å². The van der Waals surface area contributed by atoms with Crippen molar-refractivity contribution in [1.29, 1.82) is 0 Å². The number of halogens is 2. The van der Waals surface area contributed by atoms with Gasteiger partial charge in [0, 0.05) is 17.6 Å². The minimum Gasteiger partial charge on any atom is -0.444 e. The third-order valence-electron chi connectivity index (χ3n) is 3.86. The number of ether oxygens (including phenoxy) is 1. The molecule has 2 rings (SSSR count). The molecule has 6 heteroatoms. The molecule has 0 aromatic heterocycles. The molecule has 1 saturated carbocycles. The van der Waals surface area contributed by atoms with Crippen LogP contribution in [0, 0.1) is 5.82 Å². The molecule has 1 aromatic carbocycles. The van der Waals surface area contributed by atoms with Crippen LogP contribution in [0.1, 0.15) is 45.6 Å². The van der Waals surface area contributed by atoms with Crippen LogP contribution >= 0.6 is 15.9 Å². The van der Waals surface area contributed by atoms with Gasteiger partial charge in [0.25, 0.3) is 0 Å². The minimum absolute atomic E-state index is 0.254. The number of rotatable bonds is 5. The van der Waals surface area contributed by atoms with Crippen LogP contribution in [-0.2, 0) is 11.3 Å². The van der Waals surface area contributed by atoms with E-state index in [1.807, 2.05) is 20.8 Å². The van der Waals surface area contributed by atoms with E-state index >= 15 is 0 Å². The molecule has 0 aliphatic heterocycles. The summed E-state index contributed by atoms with van der Waals surface area (Å²) >= 11 is 3.42. The Balaban J connectivity index is 1.87. The van der Waals surface area contributed by atoms with Crippen LogP contribution in [0.5, 0.6) is 0 Å². The number of alkyl carbamates (subject to hydrolysis) is 1. The van der Waals surface area contributed by atoms with Gasteiger partial charge in [0.05, 0.1) is 5.54 Å². The predicted molar refractivity (Wildman–Crippen MR) is 91.8 cm³/mol. The predicted octanol–water partition coefficient (Wildman–Crippen LogP) is 4.13. The maximum Gasteiger partial charge on any atom is 0.408 e.